The standard InChI is InChI=1S/C14H19ClN2O2/c15-14-10-13(3-2-12(14)11-19)17-5-1-4-16(6-7-17)8-9-18/h2-3,10-11,18H,1,4-9H2. The average Bonchev–Trinajstić information content (AvgIpc) is 2.65. The van der Waals surface area contributed by atoms with Crippen molar-refractivity contribution in [3.05, 3.63) is 28.8 Å². The van der Waals surface area contributed by atoms with Crippen LogP contribution in [0.2, 0.25) is 5.02 Å². The third-order valence-corrected chi connectivity index (χ3v) is 3.81. The number of nitrogens with zero attached hydrogens (tertiary/aromatic N) is 2. The molecule has 0 radical (unpaired) electrons. The molecule has 0 bridgehead atoms. The van der Waals surface area contributed by atoms with Crippen molar-refractivity contribution in [2.75, 3.05) is 44.2 Å². The molecule has 1 heterocycles. The van der Waals surface area contributed by atoms with Gasteiger partial charge in [-0.05, 0) is 31.2 Å². The third kappa shape index (κ3) is 3.69. The lowest BCUT2D eigenvalue weighted by atomic mass is 10.2. The van der Waals surface area contributed by atoms with Gasteiger partial charge in [-0.3, -0.25) is 9.69 Å². The number of benzene rings is 1. The van der Waals surface area contributed by atoms with Gasteiger partial charge in [0, 0.05) is 37.4 Å². The van der Waals surface area contributed by atoms with E-state index >= 15 is 0 Å². The first-order chi connectivity index (χ1) is 9.24. The van der Waals surface area contributed by atoms with Crippen molar-refractivity contribution in [2.24, 2.45) is 0 Å². The fraction of sp³-hybridized carbons (Fsp3) is 0.500. The van der Waals surface area contributed by atoms with Crippen molar-refractivity contribution in [1.82, 2.24) is 4.90 Å². The number of aliphatic hydroxyl groups is 1. The van der Waals surface area contributed by atoms with Crippen molar-refractivity contribution in [1.29, 1.82) is 0 Å². The van der Waals surface area contributed by atoms with Gasteiger partial charge in [-0.25, -0.2) is 0 Å². The van der Waals surface area contributed by atoms with Gasteiger partial charge < -0.3 is 10.0 Å². The summed E-state index contributed by atoms with van der Waals surface area (Å²) in [6.45, 7) is 4.78. The van der Waals surface area contributed by atoms with Crippen LogP contribution in [-0.4, -0.2) is 55.6 Å². The van der Waals surface area contributed by atoms with E-state index < -0.39 is 0 Å². The lowest BCUT2D eigenvalue weighted by molar-refractivity contribution is 0.112. The Labute approximate surface area is 118 Å². The van der Waals surface area contributed by atoms with Crippen molar-refractivity contribution in [3.63, 3.8) is 0 Å². The van der Waals surface area contributed by atoms with Gasteiger partial charge in [0.2, 0.25) is 0 Å². The molecule has 1 aliphatic heterocycles. The van der Waals surface area contributed by atoms with E-state index in [9.17, 15) is 4.79 Å². The lowest BCUT2D eigenvalue weighted by Gasteiger charge is -2.23. The van der Waals surface area contributed by atoms with E-state index in [-0.39, 0.29) is 6.61 Å². The Morgan fingerprint density at radius 3 is 2.79 bits per heavy atom. The smallest absolute Gasteiger partial charge is 0.151 e. The normalized spacial score (nSPS) is 17.3. The van der Waals surface area contributed by atoms with Crippen molar-refractivity contribution < 1.29 is 9.90 Å². The Balaban J connectivity index is 2.05. The van der Waals surface area contributed by atoms with Crippen LogP contribution in [0.1, 0.15) is 16.8 Å². The van der Waals surface area contributed by atoms with E-state index in [1.54, 1.807) is 6.07 Å². The molecule has 0 amide bonds. The minimum atomic E-state index is 0.208. The number of aliphatic hydroxyl groups excluding tert-OH is 1. The maximum atomic E-state index is 10.8. The zero-order valence-electron chi connectivity index (χ0n) is 10.9. The molecule has 104 valence electrons. The van der Waals surface area contributed by atoms with E-state index in [1.807, 2.05) is 12.1 Å². The quantitative estimate of drug-likeness (QED) is 0.853. The first-order valence-corrected chi connectivity index (χ1v) is 6.95. The molecule has 0 unspecified atom stereocenters. The number of β-amino-alcohol motifs (C(OH)–C–C–N with tert-alkyl or cyclic N) is 1. The molecule has 0 atom stereocenters. The molecule has 0 saturated carbocycles. The second-order valence-electron chi connectivity index (χ2n) is 4.73. The Hall–Kier alpha value is -1.10. The number of aldehydes is 1. The van der Waals surface area contributed by atoms with Crippen LogP contribution in [0.5, 0.6) is 0 Å². The second kappa shape index (κ2) is 6.89. The zero-order valence-corrected chi connectivity index (χ0v) is 11.6. The van der Waals surface area contributed by atoms with Crippen LogP contribution >= 0.6 is 11.6 Å². The van der Waals surface area contributed by atoms with Crippen LogP contribution in [0, 0.1) is 0 Å². The van der Waals surface area contributed by atoms with E-state index in [0.717, 1.165) is 51.1 Å². The minimum Gasteiger partial charge on any atom is -0.395 e. The summed E-state index contributed by atoms with van der Waals surface area (Å²) in [5.74, 6) is 0. The number of halogens is 1. The predicted molar refractivity (Wildman–Crippen MR) is 77.2 cm³/mol. The number of carbonyl (C=O) groups excluding carboxylic acids is 1. The maximum absolute atomic E-state index is 10.8. The molecular weight excluding hydrogens is 264 g/mol. The summed E-state index contributed by atoms with van der Waals surface area (Å²) in [7, 11) is 0. The molecule has 1 aromatic rings. The summed E-state index contributed by atoms with van der Waals surface area (Å²) >= 11 is 6.07. The Bertz CT molecular complexity index is 439. The van der Waals surface area contributed by atoms with Crippen LogP contribution in [0.25, 0.3) is 0 Å². The molecule has 1 fully saturated rings. The van der Waals surface area contributed by atoms with E-state index in [1.165, 1.54) is 0 Å². The van der Waals surface area contributed by atoms with Gasteiger partial charge in [-0.15, -0.1) is 0 Å². The van der Waals surface area contributed by atoms with Crippen LogP contribution in [0.3, 0.4) is 0 Å². The second-order valence-corrected chi connectivity index (χ2v) is 5.14. The fourth-order valence-corrected chi connectivity index (χ4v) is 2.62. The molecule has 1 aromatic carbocycles. The summed E-state index contributed by atoms with van der Waals surface area (Å²) in [6.07, 6.45) is 1.84. The molecule has 4 nitrogen and oxygen atoms in total. The molecular formula is C14H19ClN2O2. The summed E-state index contributed by atoms with van der Waals surface area (Å²) in [4.78, 5) is 15.3. The number of hydrogen-bond acceptors (Lipinski definition) is 4. The van der Waals surface area contributed by atoms with Crippen LogP contribution < -0.4 is 4.90 Å². The molecule has 2 rings (SSSR count). The molecule has 0 aliphatic carbocycles. The minimum absolute atomic E-state index is 0.208. The van der Waals surface area contributed by atoms with E-state index in [4.69, 9.17) is 16.7 Å². The van der Waals surface area contributed by atoms with Crippen molar-refractivity contribution in [3.8, 4) is 0 Å². The molecule has 1 N–H and O–H groups in total. The highest BCUT2D eigenvalue weighted by Gasteiger charge is 2.15. The monoisotopic (exact) mass is 282 g/mol. The number of hydrogen-bond donors (Lipinski definition) is 1. The van der Waals surface area contributed by atoms with Crippen LogP contribution in [-0.2, 0) is 0 Å². The molecule has 1 saturated heterocycles. The van der Waals surface area contributed by atoms with Gasteiger partial charge in [0.1, 0.15) is 0 Å². The van der Waals surface area contributed by atoms with Gasteiger partial charge in [-0.1, -0.05) is 11.6 Å². The van der Waals surface area contributed by atoms with Crippen LogP contribution in [0.4, 0.5) is 5.69 Å². The average molecular weight is 283 g/mol. The first kappa shape index (κ1) is 14.3. The van der Waals surface area contributed by atoms with Crippen molar-refractivity contribution >= 4 is 23.6 Å². The highest BCUT2D eigenvalue weighted by atomic mass is 35.5. The first-order valence-electron chi connectivity index (χ1n) is 6.57. The van der Waals surface area contributed by atoms with Gasteiger partial charge in [0.25, 0.3) is 0 Å². The predicted octanol–water partition coefficient (Wildman–Crippen LogP) is 1.66. The van der Waals surface area contributed by atoms with Gasteiger partial charge >= 0.3 is 0 Å². The van der Waals surface area contributed by atoms with Gasteiger partial charge in [0.15, 0.2) is 6.29 Å². The molecule has 19 heavy (non-hydrogen) atoms. The number of carbonyl (C=O) groups is 1. The highest BCUT2D eigenvalue weighted by molar-refractivity contribution is 6.33. The summed E-state index contributed by atoms with van der Waals surface area (Å²) in [6, 6.07) is 5.56. The summed E-state index contributed by atoms with van der Waals surface area (Å²) in [5, 5.41) is 9.49. The van der Waals surface area contributed by atoms with E-state index in [2.05, 4.69) is 9.80 Å². The topological polar surface area (TPSA) is 43.8 Å². The van der Waals surface area contributed by atoms with Gasteiger partial charge in [-0.2, -0.15) is 0 Å². The van der Waals surface area contributed by atoms with Crippen LogP contribution in [0.15, 0.2) is 18.2 Å². The van der Waals surface area contributed by atoms with E-state index in [0.29, 0.717) is 10.6 Å². The Kier molecular flexibility index (Phi) is 5.19. The number of anilines is 1. The Morgan fingerprint density at radius 1 is 1.26 bits per heavy atom. The Morgan fingerprint density at radius 2 is 2.11 bits per heavy atom. The molecule has 0 spiro atoms. The highest BCUT2D eigenvalue weighted by Crippen LogP contribution is 2.23. The fourth-order valence-electron chi connectivity index (χ4n) is 2.40. The zero-order chi connectivity index (χ0) is 13.7. The third-order valence-electron chi connectivity index (χ3n) is 3.48. The van der Waals surface area contributed by atoms with Gasteiger partial charge in [0.05, 0.1) is 11.6 Å². The lowest BCUT2D eigenvalue weighted by Crippen LogP contribution is -2.32. The molecule has 1 aliphatic rings. The maximum Gasteiger partial charge on any atom is 0.151 e. The molecule has 0 aromatic heterocycles. The largest absolute Gasteiger partial charge is 0.395 e. The molecule has 5 heteroatoms. The van der Waals surface area contributed by atoms with Crippen molar-refractivity contribution in [2.45, 2.75) is 6.42 Å². The SMILES string of the molecule is O=Cc1ccc(N2CCCN(CCO)CC2)cc1Cl. The summed E-state index contributed by atoms with van der Waals surface area (Å²) in [5.41, 5.74) is 1.59. The summed E-state index contributed by atoms with van der Waals surface area (Å²) < 4.78 is 0. The number of rotatable bonds is 4.